The van der Waals surface area contributed by atoms with E-state index in [9.17, 15) is 4.79 Å². The van der Waals surface area contributed by atoms with E-state index >= 15 is 0 Å². The number of hydrogen-bond donors (Lipinski definition) is 1. The molecule has 0 fully saturated rings. The highest BCUT2D eigenvalue weighted by Crippen LogP contribution is 2.20. The molecule has 0 saturated carbocycles. The van der Waals surface area contributed by atoms with Gasteiger partial charge in [-0.05, 0) is 29.7 Å². The highest BCUT2D eigenvalue weighted by atomic mass is 16.4. The molecule has 3 heteroatoms. The molecular formula is C11H11NO2. The summed E-state index contributed by atoms with van der Waals surface area (Å²) in [5.41, 5.74) is 1.56. The van der Waals surface area contributed by atoms with Crippen molar-refractivity contribution in [2.24, 2.45) is 0 Å². The number of benzene rings is 1. The fourth-order valence-electron chi connectivity index (χ4n) is 1.28. The third-order valence-corrected chi connectivity index (χ3v) is 2.04. The van der Waals surface area contributed by atoms with Gasteiger partial charge in [0.1, 0.15) is 0 Å². The SMILES string of the molecule is CC(C)c1cc(C(=O)O)ccc1C#N. The molecule has 0 unspecified atom stereocenters. The van der Waals surface area contributed by atoms with Crippen molar-refractivity contribution in [2.75, 3.05) is 0 Å². The predicted octanol–water partition coefficient (Wildman–Crippen LogP) is 2.38. The Balaban J connectivity index is 3.29. The Bertz CT molecular complexity index is 402. The van der Waals surface area contributed by atoms with Crippen LogP contribution in [0.4, 0.5) is 0 Å². The van der Waals surface area contributed by atoms with Crippen LogP contribution in [-0.4, -0.2) is 11.1 Å². The second-order valence-corrected chi connectivity index (χ2v) is 3.37. The Morgan fingerprint density at radius 3 is 2.57 bits per heavy atom. The molecule has 0 bridgehead atoms. The van der Waals surface area contributed by atoms with Crippen LogP contribution < -0.4 is 0 Å². The quantitative estimate of drug-likeness (QED) is 0.776. The molecule has 0 spiro atoms. The highest BCUT2D eigenvalue weighted by molar-refractivity contribution is 5.88. The number of rotatable bonds is 2. The maximum atomic E-state index is 10.7. The van der Waals surface area contributed by atoms with Crippen LogP contribution in [-0.2, 0) is 0 Å². The van der Waals surface area contributed by atoms with Gasteiger partial charge < -0.3 is 5.11 Å². The molecule has 0 heterocycles. The minimum atomic E-state index is -0.962. The van der Waals surface area contributed by atoms with E-state index in [1.54, 1.807) is 12.1 Å². The van der Waals surface area contributed by atoms with E-state index in [0.717, 1.165) is 5.56 Å². The van der Waals surface area contributed by atoms with Gasteiger partial charge in [0.2, 0.25) is 0 Å². The summed E-state index contributed by atoms with van der Waals surface area (Å²) in [6, 6.07) is 6.62. The van der Waals surface area contributed by atoms with Crippen molar-refractivity contribution in [3.05, 3.63) is 34.9 Å². The lowest BCUT2D eigenvalue weighted by molar-refractivity contribution is 0.0697. The number of carboxylic acids is 1. The summed E-state index contributed by atoms with van der Waals surface area (Å²) >= 11 is 0. The third-order valence-electron chi connectivity index (χ3n) is 2.04. The fraction of sp³-hybridized carbons (Fsp3) is 0.273. The van der Waals surface area contributed by atoms with Crippen molar-refractivity contribution in [1.29, 1.82) is 5.26 Å². The van der Waals surface area contributed by atoms with Crippen LogP contribution in [0.15, 0.2) is 18.2 Å². The summed E-state index contributed by atoms with van der Waals surface area (Å²) in [5, 5.41) is 17.6. The molecule has 0 radical (unpaired) electrons. The molecule has 1 N–H and O–H groups in total. The summed E-state index contributed by atoms with van der Waals surface area (Å²) in [6.07, 6.45) is 0. The first kappa shape index (κ1) is 10.3. The Labute approximate surface area is 82.6 Å². The first-order valence-corrected chi connectivity index (χ1v) is 4.33. The van der Waals surface area contributed by atoms with E-state index in [2.05, 4.69) is 6.07 Å². The molecule has 72 valence electrons. The van der Waals surface area contributed by atoms with Crippen LogP contribution >= 0.6 is 0 Å². The Kier molecular flexibility index (Phi) is 2.88. The number of nitrogens with zero attached hydrogens (tertiary/aromatic N) is 1. The lowest BCUT2D eigenvalue weighted by atomic mass is 9.96. The summed E-state index contributed by atoms with van der Waals surface area (Å²) in [6.45, 7) is 3.86. The lowest BCUT2D eigenvalue weighted by Gasteiger charge is -2.08. The van der Waals surface area contributed by atoms with E-state index in [-0.39, 0.29) is 11.5 Å². The van der Waals surface area contributed by atoms with Crippen molar-refractivity contribution >= 4 is 5.97 Å². The molecule has 1 aromatic carbocycles. The molecule has 0 aromatic heterocycles. The molecule has 0 atom stereocenters. The lowest BCUT2D eigenvalue weighted by Crippen LogP contribution is -2.00. The summed E-state index contributed by atoms with van der Waals surface area (Å²) in [5.74, 6) is -0.805. The van der Waals surface area contributed by atoms with Crippen LogP contribution in [0.1, 0.15) is 41.3 Å². The van der Waals surface area contributed by atoms with Gasteiger partial charge in [0.15, 0.2) is 0 Å². The molecule has 0 saturated heterocycles. The van der Waals surface area contributed by atoms with Gasteiger partial charge in [0.05, 0.1) is 17.2 Å². The molecule has 1 aromatic rings. The van der Waals surface area contributed by atoms with Crippen LogP contribution in [0.3, 0.4) is 0 Å². The Morgan fingerprint density at radius 2 is 2.14 bits per heavy atom. The highest BCUT2D eigenvalue weighted by Gasteiger charge is 2.10. The zero-order valence-electron chi connectivity index (χ0n) is 8.11. The van der Waals surface area contributed by atoms with Gasteiger partial charge in [-0.1, -0.05) is 13.8 Å². The number of aromatic carboxylic acids is 1. The number of hydrogen-bond acceptors (Lipinski definition) is 2. The van der Waals surface area contributed by atoms with E-state index in [1.165, 1.54) is 6.07 Å². The van der Waals surface area contributed by atoms with Crippen molar-refractivity contribution in [3.8, 4) is 6.07 Å². The van der Waals surface area contributed by atoms with Crippen LogP contribution in [0, 0.1) is 11.3 Å². The Hall–Kier alpha value is -1.82. The van der Waals surface area contributed by atoms with Gasteiger partial charge in [-0.25, -0.2) is 4.79 Å². The fourth-order valence-corrected chi connectivity index (χ4v) is 1.28. The molecule has 0 aliphatic rings. The maximum absolute atomic E-state index is 10.7. The molecule has 0 amide bonds. The van der Waals surface area contributed by atoms with E-state index in [4.69, 9.17) is 10.4 Å². The van der Waals surface area contributed by atoms with Gasteiger partial charge >= 0.3 is 5.97 Å². The molecule has 1 rings (SSSR count). The van der Waals surface area contributed by atoms with Gasteiger partial charge in [-0.3, -0.25) is 0 Å². The minimum absolute atomic E-state index is 0.156. The second kappa shape index (κ2) is 3.93. The van der Waals surface area contributed by atoms with Gasteiger partial charge in [-0.2, -0.15) is 5.26 Å². The zero-order valence-corrected chi connectivity index (χ0v) is 8.11. The van der Waals surface area contributed by atoms with E-state index < -0.39 is 5.97 Å². The molecular weight excluding hydrogens is 178 g/mol. The molecule has 0 aliphatic carbocycles. The van der Waals surface area contributed by atoms with Crippen LogP contribution in [0.2, 0.25) is 0 Å². The molecule has 14 heavy (non-hydrogen) atoms. The third kappa shape index (κ3) is 1.91. The normalized spacial score (nSPS) is 9.86. The van der Waals surface area contributed by atoms with E-state index in [1.807, 2.05) is 13.8 Å². The van der Waals surface area contributed by atoms with Gasteiger partial charge in [0.25, 0.3) is 0 Å². The summed E-state index contributed by atoms with van der Waals surface area (Å²) < 4.78 is 0. The van der Waals surface area contributed by atoms with Crippen molar-refractivity contribution in [3.63, 3.8) is 0 Å². The van der Waals surface area contributed by atoms with Crippen LogP contribution in [0.25, 0.3) is 0 Å². The predicted molar refractivity (Wildman–Crippen MR) is 52.2 cm³/mol. The number of nitriles is 1. The second-order valence-electron chi connectivity index (χ2n) is 3.37. The average molecular weight is 189 g/mol. The topological polar surface area (TPSA) is 61.1 Å². The Morgan fingerprint density at radius 1 is 1.50 bits per heavy atom. The number of carbonyl (C=O) groups is 1. The zero-order chi connectivity index (χ0) is 10.7. The minimum Gasteiger partial charge on any atom is -0.478 e. The largest absolute Gasteiger partial charge is 0.478 e. The first-order valence-electron chi connectivity index (χ1n) is 4.33. The van der Waals surface area contributed by atoms with Crippen molar-refractivity contribution in [1.82, 2.24) is 0 Å². The molecule has 3 nitrogen and oxygen atoms in total. The standard InChI is InChI=1S/C11H11NO2/c1-7(2)10-5-8(11(13)14)3-4-9(10)6-12/h3-5,7H,1-2H3,(H,13,14). The van der Waals surface area contributed by atoms with Gasteiger partial charge in [0, 0.05) is 0 Å². The van der Waals surface area contributed by atoms with Crippen molar-refractivity contribution < 1.29 is 9.90 Å². The smallest absolute Gasteiger partial charge is 0.335 e. The first-order chi connectivity index (χ1) is 6.56. The summed E-state index contributed by atoms with van der Waals surface area (Å²) in [4.78, 5) is 10.7. The van der Waals surface area contributed by atoms with Crippen LogP contribution in [0.5, 0.6) is 0 Å². The van der Waals surface area contributed by atoms with E-state index in [0.29, 0.717) is 5.56 Å². The average Bonchev–Trinajstić information content (AvgIpc) is 2.16. The molecule has 0 aliphatic heterocycles. The summed E-state index contributed by atoms with van der Waals surface area (Å²) in [7, 11) is 0. The monoisotopic (exact) mass is 189 g/mol. The van der Waals surface area contributed by atoms with Gasteiger partial charge in [-0.15, -0.1) is 0 Å². The van der Waals surface area contributed by atoms with Crippen molar-refractivity contribution in [2.45, 2.75) is 19.8 Å². The maximum Gasteiger partial charge on any atom is 0.335 e. The number of carboxylic acid groups (broad SMARTS) is 1.